The van der Waals surface area contributed by atoms with Gasteiger partial charge in [-0.25, -0.2) is 4.79 Å². The molecule has 2 aromatic carbocycles. The van der Waals surface area contributed by atoms with Crippen LogP contribution in [0.25, 0.3) is 6.08 Å². The molecule has 1 heterocycles. The van der Waals surface area contributed by atoms with Crippen LogP contribution in [-0.2, 0) is 9.53 Å². The Hall–Kier alpha value is -3.73. The minimum absolute atomic E-state index is 0.0103. The summed E-state index contributed by atoms with van der Waals surface area (Å²) in [6.07, 6.45) is 1.17. The Morgan fingerprint density at radius 1 is 1.12 bits per heavy atom. The van der Waals surface area contributed by atoms with Gasteiger partial charge in [-0.3, -0.25) is 4.79 Å². The summed E-state index contributed by atoms with van der Waals surface area (Å²) in [4.78, 5) is 25.3. The molecule has 2 N–H and O–H groups in total. The highest BCUT2D eigenvalue weighted by molar-refractivity contribution is 6.36. The maximum atomic E-state index is 12.7. The molecule has 0 saturated heterocycles. The molecular weight excluding hydrogens is 477 g/mol. The fraction of sp³-hybridized carbons (Fsp3) is 0.160. The molecule has 1 aromatic heterocycles. The van der Waals surface area contributed by atoms with Crippen LogP contribution in [0.3, 0.4) is 0 Å². The molecule has 9 heteroatoms. The van der Waals surface area contributed by atoms with Crippen LogP contribution in [0.5, 0.6) is 0 Å². The van der Waals surface area contributed by atoms with Crippen LogP contribution in [0.15, 0.2) is 52.5 Å². The monoisotopic (exact) mass is 497 g/mol. The molecule has 0 fully saturated rings. The molecule has 7 nitrogen and oxygen atoms in total. The third-order valence-corrected chi connectivity index (χ3v) is 5.45. The van der Waals surface area contributed by atoms with Crippen LogP contribution in [0.1, 0.15) is 34.2 Å². The molecule has 0 atom stereocenters. The molecule has 0 saturated carbocycles. The van der Waals surface area contributed by atoms with Gasteiger partial charge in [-0.15, -0.1) is 0 Å². The van der Waals surface area contributed by atoms with E-state index in [-0.39, 0.29) is 34.4 Å². The van der Waals surface area contributed by atoms with Gasteiger partial charge in [0.1, 0.15) is 22.2 Å². The second-order valence-electron chi connectivity index (χ2n) is 7.26. The number of hydrogen-bond acceptors (Lipinski definition) is 6. The Kier molecular flexibility index (Phi) is 8.00. The van der Waals surface area contributed by atoms with E-state index < -0.39 is 11.9 Å². The third-order valence-electron chi connectivity index (χ3n) is 4.84. The molecule has 34 heavy (non-hydrogen) atoms. The highest BCUT2D eigenvalue weighted by Crippen LogP contribution is 2.36. The second-order valence-corrected chi connectivity index (χ2v) is 8.08. The minimum Gasteiger partial charge on any atom is -0.462 e. The number of carbonyl (C=O) groups excluding carboxylic acids is 2. The first-order chi connectivity index (χ1) is 16.2. The molecule has 174 valence electrons. The number of benzene rings is 2. The number of nitrogens with zero attached hydrogens (tertiary/aromatic N) is 1. The SMILES string of the molecule is CCOC(=O)c1c(Nc2cccc(Cl)c2)oc(/C=C(\C#N)C(=O)Nc2ccc(C)c(C)c2)c1Cl. The fourth-order valence-corrected chi connectivity index (χ4v) is 3.44. The van der Waals surface area contributed by atoms with E-state index in [1.807, 2.05) is 26.0 Å². The van der Waals surface area contributed by atoms with Gasteiger partial charge in [-0.05, 0) is 62.2 Å². The van der Waals surface area contributed by atoms with Crippen LogP contribution < -0.4 is 10.6 Å². The third kappa shape index (κ3) is 5.79. The topological polar surface area (TPSA) is 104 Å². The molecule has 0 aliphatic rings. The van der Waals surface area contributed by atoms with Gasteiger partial charge in [0.15, 0.2) is 5.76 Å². The van der Waals surface area contributed by atoms with E-state index in [9.17, 15) is 14.9 Å². The molecule has 1 amide bonds. The van der Waals surface area contributed by atoms with Gasteiger partial charge < -0.3 is 19.8 Å². The lowest BCUT2D eigenvalue weighted by Gasteiger charge is -2.07. The van der Waals surface area contributed by atoms with Crippen molar-refractivity contribution < 1.29 is 18.7 Å². The van der Waals surface area contributed by atoms with Crippen molar-refractivity contribution in [1.82, 2.24) is 0 Å². The number of amides is 1. The highest BCUT2D eigenvalue weighted by atomic mass is 35.5. The minimum atomic E-state index is -0.724. The molecule has 0 aliphatic carbocycles. The molecular formula is C25H21Cl2N3O4. The molecule has 3 rings (SSSR count). The first kappa shape index (κ1) is 24.9. The summed E-state index contributed by atoms with van der Waals surface area (Å²) in [7, 11) is 0. The lowest BCUT2D eigenvalue weighted by Crippen LogP contribution is -2.13. The quantitative estimate of drug-likeness (QED) is 0.214. The van der Waals surface area contributed by atoms with Gasteiger partial charge in [0.05, 0.1) is 6.61 Å². The average molecular weight is 498 g/mol. The summed E-state index contributed by atoms with van der Waals surface area (Å²) in [5.74, 6) is -1.44. The number of halogens is 2. The standard InChI is InChI=1S/C25H21Cl2N3O4/c1-4-33-25(32)21-22(27)20(34-24(21)30-18-7-5-6-17(26)12-18)11-16(13-28)23(31)29-19-9-8-14(2)15(3)10-19/h5-12,30H,4H2,1-3H3,(H,29,31)/b16-11+. The largest absolute Gasteiger partial charge is 0.462 e. The van der Waals surface area contributed by atoms with Gasteiger partial charge in [0.25, 0.3) is 5.91 Å². The number of nitriles is 1. The molecule has 0 spiro atoms. The number of carbonyl (C=O) groups is 2. The van der Waals surface area contributed by atoms with Gasteiger partial charge in [0, 0.05) is 22.5 Å². The number of esters is 1. The molecule has 0 bridgehead atoms. The zero-order valence-corrected chi connectivity index (χ0v) is 20.2. The van der Waals surface area contributed by atoms with Crippen LogP contribution in [0.4, 0.5) is 17.3 Å². The van der Waals surface area contributed by atoms with Crippen molar-refractivity contribution in [2.24, 2.45) is 0 Å². The maximum Gasteiger partial charge on any atom is 0.345 e. The van der Waals surface area contributed by atoms with Crippen LogP contribution in [-0.4, -0.2) is 18.5 Å². The van der Waals surface area contributed by atoms with Gasteiger partial charge in [-0.1, -0.05) is 35.3 Å². The van der Waals surface area contributed by atoms with E-state index in [0.29, 0.717) is 16.4 Å². The van der Waals surface area contributed by atoms with Crippen LogP contribution in [0.2, 0.25) is 10.0 Å². The summed E-state index contributed by atoms with van der Waals surface area (Å²) < 4.78 is 10.8. The molecule has 3 aromatic rings. The van der Waals surface area contributed by atoms with Crippen molar-refractivity contribution in [3.63, 3.8) is 0 Å². The van der Waals surface area contributed by atoms with Crippen molar-refractivity contribution in [3.8, 4) is 6.07 Å². The predicted octanol–water partition coefficient (Wildman–Crippen LogP) is 6.67. The lowest BCUT2D eigenvalue weighted by atomic mass is 10.1. The number of nitrogens with one attached hydrogen (secondary N) is 2. The number of hydrogen-bond donors (Lipinski definition) is 2. The van der Waals surface area contributed by atoms with Gasteiger partial charge in [0.2, 0.25) is 5.88 Å². The number of ether oxygens (including phenoxy) is 1. The average Bonchev–Trinajstić information content (AvgIpc) is 3.09. The normalized spacial score (nSPS) is 11.0. The smallest absolute Gasteiger partial charge is 0.345 e. The summed E-state index contributed by atoms with van der Waals surface area (Å²) in [5.41, 5.74) is 2.80. The number of rotatable bonds is 7. The fourth-order valence-electron chi connectivity index (χ4n) is 2.99. The van der Waals surface area contributed by atoms with Gasteiger partial charge in [-0.2, -0.15) is 5.26 Å². The summed E-state index contributed by atoms with van der Waals surface area (Å²) in [5, 5.41) is 15.6. The summed E-state index contributed by atoms with van der Waals surface area (Å²) in [6.45, 7) is 5.64. The van der Waals surface area contributed by atoms with E-state index in [0.717, 1.165) is 11.1 Å². The van der Waals surface area contributed by atoms with Crippen LogP contribution >= 0.6 is 23.2 Å². The first-order valence-electron chi connectivity index (χ1n) is 10.3. The number of furan rings is 1. The van der Waals surface area contributed by atoms with E-state index in [1.54, 1.807) is 43.3 Å². The molecule has 0 radical (unpaired) electrons. The van der Waals surface area contributed by atoms with Crippen molar-refractivity contribution in [3.05, 3.63) is 80.5 Å². The number of anilines is 3. The Labute approximate surface area is 206 Å². The second kappa shape index (κ2) is 10.9. The van der Waals surface area contributed by atoms with E-state index >= 15 is 0 Å². The predicted molar refractivity (Wildman–Crippen MR) is 133 cm³/mol. The maximum absolute atomic E-state index is 12.7. The summed E-state index contributed by atoms with van der Waals surface area (Å²) >= 11 is 12.4. The van der Waals surface area contributed by atoms with Crippen molar-refractivity contribution >= 4 is 58.4 Å². The summed E-state index contributed by atoms with van der Waals surface area (Å²) in [6, 6.07) is 14.0. The van der Waals surface area contributed by atoms with Crippen molar-refractivity contribution in [2.75, 3.05) is 17.2 Å². The molecule has 0 aliphatic heterocycles. The van der Waals surface area contributed by atoms with Gasteiger partial charge >= 0.3 is 5.97 Å². The Morgan fingerprint density at radius 3 is 2.53 bits per heavy atom. The lowest BCUT2D eigenvalue weighted by molar-refractivity contribution is -0.112. The zero-order valence-electron chi connectivity index (χ0n) is 18.7. The Bertz CT molecular complexity index is 1320. The Balaban J connectivity index is 1.97. The van der Waals surface area contributed by atoms with E-state index in [4.69, 9.17) is 32.4 Å². The van der Waals surface area contributed by atoms with Crippen molar-refractivity contribution in [2.45, 2.75) is 20.8 Å². The zero-order chi connectivity index (χ0) is 24.8. The van der Waals surface area contributed by atoms with E-state index in [1.165, 1.54) is 6.08 Å². The van der Waals surface area contributed by atoms with Crippen LogP contribution in [0, 0.1) is 25.2 Å². The van der Waals surface area contributed by atoms with E-state index in [2.05, 4.69) is 10.6 Å². The van der Waals surface area contributed by atoms with Crippen molar-refractivity contribution in [1.29, 1.82) is 5.26 Å². The molecule has 0 unspecified atom stereocenters. The number of aryl methyl sites for hydroxylation is 2. The Morgan fingerprint density at radius 2 is 1.88 bits per heavy atom. The highest BCUT2D eigenvalue weighted by Gasteiger charge is 2.26. The first-order valence-corrected chi connectivity index (χ1v) is 11.0.